The maximum Gasteiger partial charge on any atom is 0.323 e. The molecule has 5 fully saturated rings. The standard InChI is InChI=1S/C30H46ClNO7/c1-5-6-12-38-29(35)19-14-18(17-10-8-7-9-11-17)23-20(33)13-16(2)30(27(23)32-19)28(34)24-21(36-3)15-22(37-4)25(31)26(24)39-30/h16-19,21-27,32H,5-15H2,1-4H3/t16-,18?,19?,21?,22?,23?,24?,25?,26?,27?,30+/m1/s1. The van der Waals surface area contributed by atoms with Crippen molar-refractivity contribution < 1.29 is 33.3 Å². The highest BCUT2D eigenvalue weighted by atomic mass is 35.5. The van der Waals surface area contributed by atoms with Crippen molar-refractivity contribution in [1.29, 1.82) is 0 Å². The van der Waals surface area contributed by atoms with Crippen LogP contribution in [0.1, 0.15) is 78.1 Å². The van der Waals surface area contributed by atoms with Gasteiger partial charge in [0.25, 0.3) is 0 Å². The van der Waals surface area contributed by atoms with Crippen molar-refractivity contribution in [1.82, 2.24) is 5.32 Å². The third-order valence-corrected chi connectivity index (χ3v) is 11.1. The number of hydrogen-bond acceptors (Lipinski definition) is 8. The van der Waals surface area contributed by atoms with E-state index in [9.17, 15) is 14.4 Å². The van der Waals surface area contributed by atoms with Gasteiger partial charge in [-0.25, -0.2) is 0 Å². The van der Waals surface area contributed by atoms with Crippen LogP contribution in [0.5, 0.6) is 0 Å². The topological polar surface area (TPSA) is 100 Å². The molecule has 3 aliphatic carbocycles. The lowest BCUT2D eigenvalue weighted by molar-refractivity contribution is -0.181. The first kappa shape index (κ1) is 29.4. The molecule has 9 heteroatoms. The number of ether oxygens (including phenoxy) is 4. The van der Waals surface area contributed by atoms with Gasteiger partial charge in [-0.3, -0.25) is 19.7 Å². The van der Waals surface area contributed by atoms with Crippen molar-refractivity contribution in [3.05, 3.63) is 0 Å². The summed E-state index contributed by atoms with van der Waals surface area (Å²) in [7, 11) is 3.22. The Balaban J connectivity index is 1.53. The number of esters is 1. The average Bonchev–Trinajstić information content (AvgIpc) is 3.26. The summed E-state index contributed by atoms with van der Waals surface area (Å²) in [6.45, 7) is 4.36. The fraction of sp³-hybridized carbons (Fsp3) is 0.900. The van der Waals surface area contributed by atoms with Crippen LogP contribution in [0.2, 0.25) is 0 Å². The molecular weight excluding hydrogens is 522 g/mol. The molecule has 2 saturated heterocycles. The Hall–Kier alpha value is -1.06. The maximum atomic E-state index is 14.6. The van der Waals surface area contributed by atoms with E-state index in [1.54, 1.807) is 14.2 Å². The number of rotatable bonds is 7. The Kier molecular flexibility index (Phi) is 9.09. The molecule has 9 unspecified atom stereocenters. The monoisotopic (exact) mass is 567 g/mol. The largest absolute Gasteiger partial charge is 0.465 e. The Morgan fingerprint density at radius 3 is 2.46 bits per heavy atom. The number of piperidine rings is 1. The molecule has 0 aromatic heterocycles. The van der Waals surface area contributed by atoms with E-state index in [2.05, 4.69) is 12.2 Å². The summed E-state index contributed by atoms with van der Waals surface area (Å²) in [6, 6.07) is -1.20. The number of methoxy groups -OCH3 is 2. The number of ketones is 2. The molecular formula is C30H46ClNO7. The maximum absolute atomic E-state index is 14.6. The molecule has 0 aromatic rings. The SMILES string of the molecule is CCCCOC(=O)C1CC(C2CCCCC2)C2C(=O)C[C@@H](C)[C@]3(OC4C(Cl)C(OC)CC(OC)C4C3=O)C2N1. The normalized spacial score (nSPS) is 44.7. The number of carbonyl (C=O) groups excluding carboxylic acids is 3. The van der Waals surface area contributed by atoms with Crippen molar-refractivity contribution >= 4 is 29.1 Å². The number of unbranched alkanes of at least 4 members (excludes halogenated alkanes) is 1. The molecule has 5 aliphatic rings. The minimum Gasteiger partial charge on any atom is -0.465 e. The number of nitrogens with one attached hydrogen (secondary N) is 1. The molecule has 39 heavy (non-hydrogen) atoms. The van der Waals surface area contributed by atoms with Crippen LogP contribution < -0.4 is 5.32 Å². The molecule has 8 nitrogen and oxygen atoms in total. The number of carbonyl (C=O) groups is 3. The van der Waals surface area contributed by atoms with Gasteiger partial charge in [-0.1, -0.05) is 52.4 Å². The van der Waals surface area contributed by atoms with Gasteiger partial charge >= 0.3 is 5.97 Å². The van der Waals surface area contributed by atoms with E-state index in [0.29, 0.717) is 25.4 Å². The van der Waals surface area contributed by atoms with E-state index in [4.69, 9.17) is 30.5 Å². The van der Waals surface area contributed by atoms with Crippen LogP contribution in [-0.2, 0) is 33.3 Å². The highest BCUT2D eigenvalue weighted by Gasteiger charge is 2.71. The summed E-state index contributed by atoms with van der Waals surface area (Å²) < 4.78 is 24.0. The van der Waals surface area contributed by atoms with E-state index >= 15 is 0 Å². The van der Waals surface area contributed by atoms with Gasteiger partial charge in [-0.15, -0.1) is 11.6 Å². The molecule has 0 amide bonds. The van der Waals surface area contributed by atoms with Crippen molar-refractivity contribution in [3.8, 4) is 0 Å². The van der Waals surface area contributed by atoms with Crippen molar-refractivity contribution in [2.75, 3.05) is 20.8 Å². The minimum atomic E-state index is -1.27. The Bertz CT molecular complexity index is 925. The summed E-state index contributed by atoms with van der Waals surface area (Å²) in [5.41, 5.74) is -1.27. The zero-order valence-corrected chi connectivity index (χ0v) is 24.6. The van der Waals surface area contributed by atoms with E-state index in [1.165, 1.54) is 6.42 Å². The Labute approximate surface area is 237 Å². The molecule has 5 rings (SSSR count). The summed E-state index contributed by atoms with van der Waals surface area (Å²) >= 11 is 6.91. The van der Waals surface area contributed by atoms with E-state index in [1.807, 2.05) is 6.92 Å². The first-order valence-corrected chi connectivity index (χ1v) is 15.6. The van der Waals surface area contributed by atoms with Crippen LogP contribution in [0.3, 0.4) is 0 Å². The third kappa shape index (κ3) is 5.00. The number of alkyl halides is 1. The summed E-state index contributed by atoms with van der Waals surface area (Å²) in [4.78, 5) is 41.8. The fourth-order valence-corrected chi connectivity index (χ4v) is 8.99. The van der Waals surface area contributed by atoms with Gasteiger partial charge in [0.15, 0.2) is 5.78 Å². The first-order valence-electron chi connectivity index (χ1n) is 15.2. The molecule has 1 spiro atoms. The lowest BCUT2D eigenvalue weighted by Crippen LogP contribution is -2.73. The second kappa shape index (κ2) is 12.0. The summed E-state index contributed by atoms with van der Waals surface area (Å²) in [5, 5.41) is 2.98. The number of fused-ring (bicyclic) bond motifs is 3. The Morgan fingerprint density at radius 2 is 1.79 bits per heavy atom. The molecule has 1 N–H and O–H groups in total. The van der Waals surface area contributed by atoms with Gasteiger partial charge in [-0.05, 0) is 24.7 Å². The van der Waals surface area contributed by atoms with Gasteiger partial charge in [0.2, 0.25) is 0 Å². The lowest BCUT2D eigenvalue weighted by atomic mass is 9.55. The van der Waals surface area contributed by atoms with Crippen LogP contribution in [0.4, 0.5) is 0 Å². The van der Waals surface area contributed by atoms with Crippen LogP contribution in [0.25, 0.3) is 0 Å². The molecule has 2 heterocycles. The molecule has 0 aromatic carbocycles. The lowest BCUT2D eigenvalue weighted by Gasteiger charge is -2.55. The van der Waals surface area contributed by atoms with Crippen LogP contribution in [0.15, 0.2) is 0 Å². The molecule has 220 valence electrons. The van der Waals surface area contributed by atoms with Crippen molar-refractivity contribution in [3.63, 3.8) is 0 Å². The van der Waals surface area contributed by atoms with Crippen LogP contribution in [-0.4, -0.2) is 79.7 Å². The summed E-state index contributed by atoms with van der Waals surface area (Å²) in [5.74, 6) is -1.12. The zero-order valence-electron chi connectivity index (χ0n) is 23.9. The second-order valence-electron chi connectivity index (χ2n) is 12.6. The van der Waals surface area contributed by atoms with Gasteiger partial charge in [0.05, 0.1) is 42.3 Å². The average molecular weight is 568 g/mol. The highest BCUT2D eigenvalue weighted by Crippen LogP contribution is 2.55. The van der Waals surface area contributed by atoms with Crippen LogP contribution in [0, 0.1) is 29.6 Å². The molecule has 0 bridgehead atoms. The first-order chi connectivity index (χ1) is 18.8. The quantitative estimate of drug-likeness (QED) is 0.281. The predicted molar refractivity (Wildman–Crippen MR) is 145 cm³/mol. The molecule has 2 aliphatic heterocycles. The van der Waals surface area contributed by atoms with Crippen LogP contribution >= 0.6 is 11.6 Å². The number of Topliss-reactive ketones (excluding diaryl/α,β-unsaturated/α-hetero) is 2. The minimum absolute atomic E-state index is 0.00734. The zero-order chi connectivity index (χ0) is 27.9. The Morgan fingerprint density at radius 1 is 1.08 bits per heavy atom. The number of hydrogen-bond donors (Lipinski definition) is 1. The highest BCUT2D eigenvalue weighted by molar-refractivity contribution is 6.22. The van der Waals surface area contributed by atoms with Gasteiger partial charge < -0.3 is 18.9 Å². The van der Waals surface area contributed by atoms with Crippen molar-refractivity contribution in [2.45, 2.75) is 119 Å². The smallest absolute Gasteiger partial charge is 0.323 e. The summed E-state index contributed by atoms with van der Waals surface area (Å²) in [6.07, 6.45) is 7.34. The number of halogens is 1. The molecule has 11 atom stereocenters. The molecule has 3 saturated carbocycles. The van der Waals surface area contributed by atoms with Gasteiger partial charge in [0.1, 0.15) is 17.4 Å². The van der Waals surface area contributed by atoms with Crippen molar-refractivity contribution in [2.24, 2.45) is 29.6 Å². The second-order valence-corrected chi connectivity index (χ2v) is 13.1. The van der Waals surface area contributed by atoms with E-state index in [-0.39, 0.29) is 47.8 Å². The fourth-order valence-electron chi connectivity index (χ4n) is 8.58. The predicted octanol–water partition coefficient (Wildman–Crippen LogP) is 3.85. The molecule has 0 radical (unpaired) electrons. The van der Waals surface area contributed by atoms with Gasteiger partial charge in [-0.2, -0.15) is 0 Å². The van der Waals surface area contributed by atoms with E-state index < -0.39 is 41.2 Å². The van der Waals surface area contributed by atoms with E-state index in [0.717, 1.165) is 38.5 Å². The van der Waals surface area contributed by atoms with Gasteiger partial charge in [0, 0.05) is 38.9 Å². The third-order valence-electron chi connectivity index (χ3n) is 10.6.